The Labute approximate surface area is 104 Å². The fraction of sp³-hybridized carbons (Fsp3) is 0.500. The molecule has 0 saturated carbocycles. The van der Waals surface area contributed by atoms with Crippen LogP contribution in [-0.2, 0) is 4.74 Å². The highest BCUT2D eigenvalue weighted by Crippen LogP contribution is 2.27. The zero-order valence-electron chi connectivity index (χ0n) is 9.12. The average Bonchev–Trinajstić information content (AvgIpc) is 2.32. The Morgan fingerprint density at radius 3 is 2.88 bits per heavy atom. The molecule has 0 bridgehead atoms. The van der Waals surface area contributed by atoms with Crippen molar-refractivity contribution in [3.63, 3.8) is 0 Å². The van der Waals surface area contributed by atoms with E-state index in [1.54, 1.807) is 0 Å². The zero-order chi connectivity index (χ0) is 11.4. The van der Waals surface area contributed by atoms with Crippen LogP contribution < -0.4 is 10.5 Å². The van der Waals surface area contributed by atoms with Crippen LogP contribution in [0.5, 0.6) is 5.75 Å². The standard InChI is InChI=1S/C12H16BrNO2/c13-10-1-2-11(14)12(7-10)16-8-9-3-5-15-6-4-9/h1-2,7,9H,3-6,8,14H2. The molecule has 0 aromatic heterocycles. The Morgan fingerprint density at radius 1 is 1.38 bits per heavy atom. The molecule has 0 atom stereocenters. The van der Waals surface area contributed by atoms with Gasteiger partial charge in [0.05, 0.1) is 12.3 Å². The van der Waals surface area contributed by atoms with Crippen LogP contribution in [0.1, 0.15) is 12.8 Å². The van der Waals surface area contributed by atoms with Gasteiger partial charge in [-0.15, -0.1) is 0 Å². The largest absolute Gasteiger partial charge is 0.491 e. The molecule has 16 heavy (non-hydrogen) atoms. The van der Waals surface area contributed by atoms with Crippen molar-refractivity contribution in [1.29, 1.82) is 0 Å². The van der Waals surface area contributed by atoms with Gasteiger partial charge in [-0.05, 0) is 37.0 Å². The molecule has 0 aliphatic carbocycles. The Bertz CT molecular complexity index is 351. The lowest BCUT2D eigenvalue weighted by Crippen LogP contribution is -2.21. The molecule has 88 valence electrons. The first-order chi connectivity index (χ1) is 7.75. The summed E-state index contributed by atoms with van der Waals surface area (Å²) in [6.45, 7) is 2.42. The number of anilines is 1. The Balaban J connectivity index is 1.90. The van der Waals surface area contributed by atoms with Crippen LogP contribution in [0.4, 0.5) is 5.69 Å². The van der Waals surface area contributed by atoms with Crippen molar-refractivity contribution in [1.82, 2.24) is 0 Å². The average molecular weight is 286 g/mol. The summed E-state index contributed by atoms with van der Waals surface area (Å²) in [6, 6.07) is 5.68. The maximum Gasteiger partial charge on any atom is 0.143 e. The van der Waals surface area contributed by atoms with Crippen LogP contribution in [-0.4, -0.2) is 19.8 Å². The summed E-state index contributed by atoms with van der Waals surface area (Å²) in [5.41, 5.74) is 6.52. The number of hydrogen-bond acceptors (Lipinski definition) is 3. The summed E-state index contributed by atoms with van der Waals surface area (Å²) in [7, 11) is 0. The predicted octanol–water partition coefficient (Wildman–Crippen LogP) is 2.84. The number of hydrogen-bond donors (Lipinski definition) is 1. The molecule has 1 fully saturated rings. The summed E-state index contributed by atoms with van der Waals surface area (Å²) in [6.07, 6.45) is 2.15. The second-order valence-corrected chi connectivity index (χ2v) is 4.96. The maximum absolute atomic E-state index is 5.83. The first kappa shape index (κ1) is 11.7. The lowest BCUT2D eigenvalue weighted by Gasteiger charge is -2.22. The normalized spacial score (nSPS) is 17.3. The third kappa shape index (κ3) is 3.12. The quantitative estimate of drug-likeness (QED) is 0.869. The molecule has 0 spiro atoms. The number of nitrogens with two attached hydrogens (primary N) is 1. The van der Waals surface area contributed by atoms with Gasteiger partial charge in [0.25, 0.3) is 0 Å². The number of ether oxygens (including phenoxy) is 2. The van der Waals surface area contributed by atoms with Gasteiger partial charge in [0.2, 0.25) is 0 Å². The summed E-state index contributed by atoms with van der Waals surface area (Å²) in [5.74, 6) is 1.35. The monoisotopic (exact) mass is 285 g/mol. The van der Waals surface area contributed by atoms with Crippen molar-refractivity contribution >= 4 is 21.6 Å². The summed E-state index contributed by atoms with van der Waals surface area (Å²) < 4.78 is 12.0. The van der Waals surface area contributed by atoms with E-state index >= 15 is 0 Å². The van der Waals surface area contributed by atoms with Gasteiger partial charge in [-0.3, -0.25) is 0 Å². The smallest absolute Gasteiger partial charge is 0.143 e. The van der Waals surface area contributed by atoms with Crippen molar-refractivity contribution in [2.24, 2.45) is 5.92 Å². The summed E-state index contributed by atoms with van der Waals surface area (Å²) in [4.78, 5) is 0. The van der Waals surface area contributed by atoms with Crippen LogP contribution in [0.3, 0.4) is 0 Å². The molecule has 0 radical (unpaired) electrons. The molecule has 0 unspecified atom stereocenters. The molecule has 1 aliphatic heterocycles. The van der Waals surface area contributed by atoms with Crippen molar-refractivity contribution in [3.05, 3.63) is 22.7 Å². The number of rotatable bonds is 3. The molecule has 1 saturated heterocycles. The molecule has 2 N–H and O–H groups in total. The zero-order valence-corrected chi connectivity index (χ0v) is 10.7. The number of benzene rings is 1. The van der Waals surface area contributed by atoms with Crippen molar-refractivity contribution in [2.45, 2.75) is 12.8 Å². The SMILES string of the molecule is Nc1ccc(Br)cc1OCC1CCOCC1. The van der Waals surface area contributed by atoms with Crippen molar-refractivity contribution in [3.8, 4) is 5.75 Å². The van der Waals surface area contributed by atoms with Gasteiger partial charge in [-0.25, -0.2) is 0 Å². The van der Waals surface area contributed by atoms with E-state index in [0.717, 1.165) is 42.9 Å². The van der Waals surface area contributed by atoms with Crippen LogP contribution in [0.25, 0.3) is 0 Å². The summed E-state index contributed by atoms with van der Waals surface area (Å²) in [5, 5.41) is 0. The van der Waals surface area contributed by atoms with Crippen LogP contribution in [0.15, 0.2) is 22.7 Å². The highest BCUT2D eigenvalue weighted by atomic mass is 79.9. The topological polar surface area (TPSA) is 44.5 Å². The number of nitrogen functional groups attached to an aromatic ring is 1. The first-order valence-electron chi connectivity index (χ1n) is 5.51. The fourth-order valence-corrected chi connectivity index (χ4v) is 2.09. The van der Waals surface area contributed by atoms with Crippen molar-refractivity contribution < 1.29 is 9.47 Å². The number of halogens is 1. The Hall–Kier alpha value is -0.740. The van der Waals surface area contributed by atoms with Gasteiger partial charge in [0, 0.05) is 17.7 Å². The van der Waals surface area contributed by atoms with E-state index in [0.29, 0.717) is 11.6 Å². The van der Waals surface area contributed by atoms with E-state index in [1.165, 1.54) is 0 Å². The lowest BCUT2D eigenvalue weighted by atomic mass is 10.0. The van der Waals surface area contributed by atoms with Gasteiger partial charge in [0.1, 0.15) is 5.75 Å². The molecule has 0 amide bonds. The minimum Gasteiger partial charge on any atom is -0.491 e. The molecule has 1 aromatic rings. The Kier molecular flexibility index (Phi) is 4.07. The molecule has 1 heterocycles. The second kappa shape index (κ2) is 5.55. The first-order valence-corrected chi connectivity index (χ1v) is 6.30. The van der Waals surface area contributed by atoms with E-state index in [9.17, 15) is 0 Å². The lowest BCUT2D eigenvalue weighted by molar-refractivity contribution is 0.0498. The van der Waals surface area contributed by atoms with Gasteiger partial charge < -0.3 is 15.2 Å². The van der Waals surface area contributed by atoms with Crippen LogP contribution in [0.2, 0.25) is 0 Å². The highest BCUT2D eigenvalue weighted by molar-refractivity contribution is 9.10. The molecule has 3 nitrogen and oxygen atoms in total. The fourth-order valence-electron chi connectivity index (χ4n) is 1.75. The van der Waals surface area contributed by atoms with Gasteiger partial charge >= 0.3 is 0 Å². The van der Waals surface area contributed by atoms with Crippen molar-refractivity contribution in [2.75, 3.05) is 25.6 Å². The van der Waals surface area contributed by atoms with E-state index in [-0.39, 0.29) is 0 Å². The van der Waals surface area contributed by atoms with E-state index in [4.69, 9.17) is 15.2 Å². The molecule has 4 heteroatoms. The minimum absolute atomic E-state index is 0.590. The van der Waals surface area contributed by atoms with Crippen LogP contribution in [0, 0.1) is 5.92 Å². The second-order valence-electron chi connectivity index (χ2n) is 4.05. The predicted molar refractivity (Wildman–Crippen MR) is 67.6 cm³/mol. The minimum atomic E-state index is 0.590. The van der Waals surface area contributed by atoms with Gasteiger partial charge in [-0.1, -0.05) is 15.9 Å². The Morgan fingerprint density at radius 2 is 2.12 bits per heavy atom. The van der Waals surface area contributed by atoms with Crippen LogP contribution >= 0.6 is 15.9 Å². The van der Waals surface area contributed by atoms with E-state index < -0.39 is 0 Å². The van der Waals surface area contributed by atoms with Gasteiger partial charge in [-0.2, -0.15) is 0 Å². The molecule has 1 aliphatic rings. The van der Waals surface area contributed by atoms with Gasteiger partial charge in [0.15, 0.2) is 0 Å². The third-order valence-corrected chi connectivity index (χ3v) is 3.28. The molecular formula is C12H16BrNO2. The molecule has 2 rings (SSSR count). The highest BCUT2D eigenvalue weighted by Gasteiger charge is 2.14. The molecule has 1 aromatic carbocycles. The summed E-state index contributed by atoms with van der Waals surface area (Å²) >= 11 is 3.41. The third-order valence-electron chi connectivity index (χ3n) is 2.79. The van der Waals surface area contributed by atoms with E-state index in [2.05, 4.69) is 15.9 Å². The molecular weight excluding hydrogens is 270 g/mol. The maximum atomic E-state index is 5.83. The van der Waals surface area contributed by atoms with E-state index in [1.807, 2.05) is 18.2 Å².